The molecule has 0 N–H and O–H groups in total. The number of likely N-dealkylation sites (tertiary alicyclic amines) is 2. The average Bonchev–Trinajstić information content (AvgIpc) is 3.29. The molecule has 1 amide bonds. The summed E-state index contributed by atoms with van der Waals surface area (Å²) >= 11 is 0. The minimum atomic E-state index is 0.210. The van der Waals surface area contributed by atoms with Crippen molar-refractivity contribution in [1.82, 2.24) is 19.6 Å². The number of rotatable bonds is 5. The number of aromatic nitrogens is 2. The van der Waals surface area contributed by atoms with Gasteiger partial charge in [0.1, 0.15) is 5.75 Å². The number of amides is 1. The zero-order valence-corrected chi connectivity index (χ0v) is 16.3. The Balaban J connectivity index is 1.40. The van der Waals surface area contributed by atoms with Gasteiger partial charge >= 0.3 is 0 Å². The van der Waals surface area contributed by atoms with Crippen LogP contribution in [0.25, 0.3) is 11.3 Å². The molecule has 0 saturated carbocycles. The zero-order valence-electron chi connectivity index (χ0n) is 16.3. The van der Waals surface area contributed by atoms with Gasteiger partial charge in [0.05, 0.1) is 12.8 Å². The van der Waals surface area contributed by atoms with Crippen molar-refractivity contribution in [2.75, 3.05) is 33.3 Å². The molecule has 2 aliphatic heterocycles. The van der Waals surface area contributed by atoms with Crippen LogP contribution in [-0.2, 0) is 11.8 Å². The first-order valence-electron chi connectivity index (χ1n) is 9.67. The molecule has 2 saturated heterocycles. The molecule has 0 bridgehead atoms. The van der Waals surface area contributed by atoms with Crippen molar-refractivity contribution in [3.8, 4) is 23.2 Å². The van der Waals surface area contributed by atoms with Crippen LogP contribution in [0, 0.1) is 17.4 Å². The first-order chi connectivity index (χ1) is 13.6. The van der Waals surface area contributed by atoms with Crippen LogP contribution < -0.4 is 4.74 Å². The zero-order chi connectivity index (χ0) is 19.7. The molecule has 3 heterocycles. The van der Waals surface area contributed by atoms with E-state index in [9.17, 15) is 4.79 Å². The highest BCUT2D eigenvalue weighted by molar-refractivity contribution is 5.78. The molecule has 4 rings (SSSR count). The number of aryl methyl sites for hydroxylation is 1. The highest BCUT2D eigenvalue weighted by Gasteiger charge is 2.34. The Kier molecular flexibility index (Phi) is 4.95. The SMILES string of the molecule is COc1ccc(C2CN(C(=O)C[C@H]3CCN(C#N)C3)C2)cc1-c1ccnn1C. The fraction of sp³-hybridized carbons (Fsp3) is 0.476. The number of carbonyl (C=O) groups excluding carboxylic acids is 1. The van der Waals surface area contributed by atoms with Crippen molar-refractivity contribution in [3.63, 3.8) is 0 Å². The smallest absolute Gasteiger partial charge is 0.222 e. The standard InChI is InChI=1S/C21H25N5O2/c1-24-19(5-7-23-24)18-10-16(3-4-20(18)28-2)17-12-26(13-17)21(27)9-15-6-8-25(11-15)14-22/h3-5,7,10,15,17H,6,8-9,11-13H2,1-2H3/t15-/m1/s1. The largest absolute Gasteiger partial charge is 0.496 e. The molecular weight excluding hydrogens is 354 g/mol. The van der Waals surface area contributed by atoms with Gasteiger partial charge in [0.2, 0.25) is 5.91 Å². The molecule has 0 radical (unpaired) electrons. The Bertz CT molecular complexity index is 910. The number of carbonyl (C=O) groups is 1. The van der Waals surface area contributed by atoms with E-state index in [1.165, 1.54) is 5.56 Å². The van der Waals surface area contributed by atoms with Gasteiger partial charge < -0.3 is 14.5 Å². The topological polar surface area (TPSA) is 74.4 Å². The van der Waals surface area contributed by atoms with Crippen LogP contribution in [-0.4, -0.2) is 58.8 Å². The molecule has 2 aliphatic rings. The lowest BCUT2D eigenvalue weighted by molar-refractivity contribution is -0.136. The molecule has 0 unspecified atom stereocenters. The number of ether oxygens (including phenoxy) is 1. The number of nitrogens with zero attached hydrogens (tertiary/aromatic N) is 5. The van der Waals surface area contributed by atoms with Crippen LogP contribution in [0.4, 0.5) is 0 Å². The van der Waals surface area contributed by atoms with E-state index in [0.717, 1.165) is 43.1 Å². The molecule has 146 valence electrons. The molecule has 2 fully saturated rings. The van der Waals surface area contributed by atoms with Crippen molar-refractivity contribution in [1.29, 1.82) is 5.26 Å². The van der Waals surface area contributed by atoms with E-state index in [1.807, 2.05) is 28.8 Å². The summed E-state index contributed by atoms with van der Waals surface area (Å²) in [6.07, 6.45) is 5.44. The molecule has 1 atom stereocenters. The van der Waals surface area contributed by atoms with Crippen LogP contribution in [0.2, 0.25) is 0 Å². The van der Waals surface area contributed by atoms with E-state index in [0.29, 0.717) is 24.8 Å². The summed E-state index contributed by atoms with van der Waals surface area (Å²) in [5.74, 6) is 1.69. The number of hydrogen-bond donors (Lipinski definition) is 0. The minimum absolute atomic E-state index is 0.210. The quantitative estimate of drug-likeness (QED) is 0.745. The van der Waals surface area contributed by atoms with Crippen LogP contribution >= 0.6 is 0 Å². The first-order valence-corrected chi connectivity index (χ1v) is 9.67. The maximum Gasteiger partial charge on any atom is 0.222 e. The van der Waals surface area contributed by atoms with Gasteiger partial charge in [0.15, 0.2) is 6.19 Å². The highest BCUT2D eigenvalue weighted by Crippen LogP contribution is 2.36. The maximum absolute atomic E-state index is 12.5. The number of hydrogen-bond acceptors (Lipinski definition) is 5. The summed E-state index contributed by atoms with van der Waals surface area (Å²) in [6, 6.07) is 8.22. The highest BCUT2D eigenvalue weighted by atomic mass is 16.5. The van der Waals surface area contributed by atoms with Crippen molar-refractivity contribution >= 4 is 5.91 Å². The van der Waals surface area contributed by atoms with Crippen molar-refractivity contribution in [2.24, 2.45) is 13.0 Å². The number of benzene rings is 1. The first kappa shape index (κ1) is 18.4. The second kappa shape index (κ2) is 7.55. The molecule has 7 nitrogen and oxygen atoms in total. The van der Waals surface area contributed by atoms with Gasteiger partial charge in [-0.3, -0.25) is 9.48 Å². The van der Waals surface area contributed by atoms with Gasteiger partial charge in [0.25, 0.3) is 0 Å². The molecular formula is C21H25N5O2. The van der Waals surface area contributed by atoms with E-state index in [2.05, 4.69) is 23.4 Å². The Morgan fingerprint density at radius 2 is 2.14 bits per heavy atom. The average molecular weight is 379 g/mol. The third kappa shape index (κ3) is 3.42. The van der Waals surface area contributed by atoms with Gasteiger partial charge in [-0.15, -0.1) is 0 Å². The third-order valence-electron chi connectivity index (χ3n) is 5.92. The molecule has 0 aliphatic carbocycles. The Morgan fingerprint density at radius 1 is 1.32 bits per heavy atom. The molecule has 7 heteroatoms. The summed E-state index contributed by atoms with van der Waals surface area (Å²) in [7, 11) is 3.59. The van der Waals surface area contributed by atoms with Crippen LogP contribution in [0.5, 0.6) is 5.75 Å². The van der Waals surface area contributed by atoms with E-state index in [1.54, 1.807) is 18.2 Å². The van der Waals surface area contributed by atoms with Crippen molar-refractivity contribution in [3.05, 3.63) is 36.0 Å². The summed E-state index contributed by atoms with van der Waals surface area (Å²) in [5, 5.41) is 13.2. The van der Waals surface area contributed by atoms with E-state index >= 15 is 0 Å². The van der Waals surface area contributed by atoms with Crippen molar-refractivity contribution in [2.45, 2.75) is 18.8 Å². The Hall–Kier alpha value is -3.01. The van der Waals surface area contributed by atoms with Gasteiger partial charge in [-0.1, -0.05) is 6.07 Å². The predicted molar refractivity (Wildman–Crippen MR) is 104 cm³/mol. The molecule has 1 aromatic heterocycles. The Morgan fingerprint density at radius 3 is 2.79 bits per heavy atom. The summed E-state index contributed by atoms with van der Waals surface area (Å²) in [4.78, 5) is 16.2. The number of nitriles is 1. The van der Waals surface area contributed by atoms with Gasteiger partial charge in [-0.05, 0) is 36.1 Å². The summed E-state index contributed by atoms with van der Waals surface area (Å²) in [6.45, 7) is 3.00. The Labute approximate surface area is 165 Å². The predicted octanol–water partition coefficient (Wildman–Crippen LogP) is 2.21. The normalized spacial score (nSPS) is 19.4. The maximum atomic E-state index is 12.5. The third-order valence-corrected chi connectivity index (χ3v) is 5.92. The van der Waals surface area contributed by atoms with Crippen LogP contribution in [0.1, 0.15) is 24.3 Å². The van der Waals surface area contributed by atoms with Gasteiger partial charge in [-0.25, -0.2) is 0 Å². The van der Waals surface area contributed by atoms with E-state index in [4.69, 9.17) is 10.00 Å². The molecule has 0 spiro atoms. The molecule has 28 heavy (non-hydrogen) atoms. The fourth-order valence-electron chi connectivity index (χ4n) is 4.18. The van der Waals surface area contributed by atoms with E-state index in [-0.39, 0.29) is 5.91 Å². The van der Waals surface area contributed by atoms with E-state index < -0.39 is 0 Å². The monoisotopic (exact) mass is 379 g/mol. The fourth-order valence-corrected chi connectivity index (χ4v) is 4.18. The minimum Gasteiger partial charge on any atom is -0.496 e. The number of methoxy groups -OCH3 is 1. The summed E-state index contributed by atoms with van der Waals surface area (Å²) < 4.78 is 7.37. The second-order valence-corrected chi connectivity index (χ2v) is 7.70. The lowest BCUT2D eigenvalue weighted by Crippen LogP contribution is -2.49. The molecule has 1 aromatic carbocycles. The summed E-state index contributed by atoms with van der Waals surface area (Å²) in [5.41, 5.74) is 3.25. The molecule has 2 aromatic rings. The lowest BCUT2D eigenvalue weighted by Gasteiger charge is -2.40. The lowest BCUT2D eigenvalue weighted by atomic mass is 9.89. The van der Waals surface area contributed by atoms with Crippen LogP contribution in [0.15, 0.2) is 30.5 Å². The van der Waals surface area contributed by atoms with Crippen molar-refractivity contribution < 1.29 is 9.53 Å². The second-order valence-electron chi connectivity index (χ2n) is 7.70. The van der Waals surface area contributed by atoms with Crippen LogP contribution in [0.3, 0.4) is 0 Å². The van der Waals surface area contributed by atoms with Gasteiger partial charge in [-0.2, -0.15) is 10.4 Å². The van der Waals surface area contributed by atoms with Gasteiger partial charge in [0, 0.05) is 57.3 Å².